The van der Waals surface area contributed by atoms with Gasteiger partial charge < -0.3 is 0 Å². The first-order chi connectivity index (χ1) is 17.6. The number of tetrazole rings is 1. The van der Waals surface area contributed by atoms with Gasteiger partial charge in [0.15, 0.2) is 5.82 Å². The van der Waals surface area contributed by atoms with E-state index in [1.807, 2.05) is 54.6 Å². The zero-order chi connectivity index (χ0) is 24.9. The van der Waals surface area contributed by atoms with Crippen LogP contribution in [0.4, 0.5) is 0 Å². The van der Waals surface area contributed by atoms with Crippen molar-refractivity contribution < 1.29 is 4.79 Å². The molecule has 1 N–H and O–H groups in total. The van der Waals surface area contributed by atoms with Crippen LogP contribution in [-0.2, 0) is 6.54 Å². The van der Waals surface area contributed by atoms with Crippen molar-refractivity contribution in [3.05, 3.63) is 83.6 Å². The first-order valence-corrected chi connectivity index (χ1v) is 12.4. The number of rotatable bonds is 8. The monoisotopic (exact) mass is 483 g/mol. The van der Waals surface area contributed by atoms with E-state index in [2.05, 4.69) is 32.3 Å². The summed E-state index contributed by atoms with van der Waals surface area (Å²) in [6.07, 6.45) is 9.20. The third kappa shape index (κ3) is 4.95. The molecule has 5 rings (SSSR count). The Labute approximate surface area is 208 Å². The van der Waals surface area contributed by atoms with Gasteiger partial charge in [-0.05, 0) is 71.6 Å². The molecule has 0 unspecified atom stereocenters. The predicted octanol–water partition coefficient (Wildman–Crippen LogP) is 4.35. The van der Waals surface area contributed by atoms with Gasteiger partial charge in [0.25, 0.3) is 5.91 Å². The van der Waals surface area contributed by atoms with E-state index in [1.165, 1.54) is 10.9 Å². The second-order valence-corrected chi connectivity index (χ2v) is 9.37. The molecule has 184 valence electrons. The number of aromatic nitrogens is 7. The fourth-order valence-electron chi connectivity index (χ4n) is 5.02. The molecule has 0 saturated heterocycles. The van der Waals surface area contributed by atoms with Crippen LogP contribution in [0.3, 0.4) is 0 Å². The molecule has 0 aliphatic heterocycles. The van der Waals surface area contributed by atoms with Gasteiger partial charge in [-0.2, -0.15) is 5.10 Å². The maximum atomic E-state index is 13.0. The first-order valence-electron chi connectivity index (χ1n) is 12.4. The molecule has 2 heterocycles. The Bertz CT molecular complexity index is 1380. The first kappa shape index (κ1) is 23.6. The van der Waals surface area contributed by atoms with Gasteiger partial charge in [0.1, 0.15) is 6.33 Å². The van der Waals surface area contributed by atoms with Crippen LogP contribution in [0.5, 0.6) is 0 Å². The molecule has 1 saturated carbocycles. The van der Waals surface area contributed by atoms with Crippen LogP contribution in [0.2, 0.25) is 0 Å². The lowest BCUT2D eigenvalue weighted by molar-refractivity contribution is 0.0758. The lowest BCUT2D eigenvalue weighted by atomic mass is 9.79. The average Bonchev–Trinajstić information content (AvgIpc) is 3.58. The van der Waals surface area contributed by atoms with Gasteiger partial charge in [-0.3, -0.25) is 9.36 Å². The zero-order valence-corrected chi connectivity index (χ0v) is 20.1. The van der Waals surface area contributed by atoms with Gasteiger partial charge in [-0.1, -0.05) is 54.6 Å². The van der Waals surface area contributed by atoms with E-state index < -0.39 is 0 Å². The van der Waals surface area contributed by atoms with Crippen molar-refractivity contribution >= 4 is 5.91 Å². The van der Waals surface area contributed by atoms with E-state index in [0.29, 0.717) is 18.3 Å². The number of nitrogens with zero attached hydrogens (tertiary/aromatic N) is 6. The molecule has 2 aromatic heterocycles. The largest absolute Gasteiger partial charge is 0.353 e. The molecular weight excluding hydrogens is 454 g/mol. The molecular formula is C27H29N7O2. The number of nitrogens with one attached hydrogen (secondary N) is 1. The molecule has 1 fully saturated rings. The number of hydrogen-bond acceptors (Lipinski definition) is 6. The molecule has 0 atom stereocenters. The Morgan fingerprint density at radius 2 is 1.81 bits per heavy atom. The molecule has 4 aromatic rings. The molecule has 0 bridgehead atoms. The van der Waals surface area contributed by atoms with Crippen LogP contribution in [0.15, 0.2) is 72.3 Å². The quantitative estimate of drug-likeness (QED) is 0.373. The average molecular weight is 484 g/mol. The number of carbonyl (C=O) groups excluding carboxylic acids is 1. The van der Waals surface area contributed by atoms with Crippen molar-refractivity contribution in [1.29, 1.82) is 0 Å². The van der Waals surface area contributed by atoms with Crippen molar-refractivity contribution in [2.75, 3.05) is 0 Å². The maximum absolute atomic E-state index is 13.0. The standard InChI is InChI=1S/C27H29N7O2/c1-2-3-6-19-9-15-22(16-10-19)26(35)34-27(36)33(18-28-34)17-20-11-13-21(14-12-20)23-7-4-5-8-24(23)25-29-31-32-30-25/h2,4-5,7-8,11-14,18-19,22H,1,3,6,9-10,15-17H2,(H,29,30,31,32). The summed E-state index contributed by atoms with van der Waals surface area (Å²) in [4.78, 5) is 25.9. The molecule has 0 spiro atoms. The van der Waals surface area contributed by atoms with Gasteiger partial charge in [0, 0.05) is 11.5 Å². The lowest BCUT2D eigenvalue weighted by Gasteiger charge is -2.26. The normalized spacial score (nSPS) is 17.7. The van der Waals surface area contributed by atoms with Crippen LogP contribution in [0, 0.1) is 11.8 Å². The van der Waals surface area contributed by atoms with E-state index in [0.717, 1.165) is 65.5 Å². The minimum Gasteiger partial charge on any atom is -0.277 e. The molecule has 36 heavy (non-hydrogen) atoms. The minimum absolute atomic E-state index is 0.134. The number of H-pyrrole nitrogens is 1. The summed E-state index contributed by atoms with van der Waals surface area (Å²) in [5, 5.41) is 18.3. The van der Waals surface area contributed by atoms with Gasteiger partial charge in [0.05, 0.1) is 6.54 Å². The van der Waals surface area contributed by atoms with Crippen LogP contribution in [0.1, 0.15) is 48.9 Å². The fraction of sp³-hybridized carbons (Fsp3) is 0.333. The van der Waals surface area contributed by atoms with Gasteiger partial charge in [-0.15, -0.1) is 16.4 Å². The summed E-state index contributed by atoms with van der Waals surface area (Å²) in [6, 6.07) is 15.8. The van der Waals surface area contributed by atoms with Crippen molar-refractivity contribution in [3.8, 4) is 22.5 Å². The van der Waals surface area contributed by atoms with Crippen molar-refractivity contribution in [3.63, 3.8) is 0 Å². The van der Waals surface area contributed by atoms with Crippen LogP contribution < -0.4 is 5.69 Å². The number of aromatic amines is 1. The molecule has 0 amide bonds. The summed E-state index contributed by atoms with van der Waals surface area (Å²) < 4.78 is 2.53. The molecule has 1 aliphatic rings. The third-order valence-electron chi connectivity index (χ3n) is 7.06. The van der Waals surface area contributed by atoms with E-state index in [9.17, 15) is 9.59 Å². The van der Waals surface area contributed by atoms with Crippen molar-refractivity contribution in [2.45, 2.75) is 45.1 Å². The molecule has 0 radical (unpaired) electrons. The van der Waals surface area contributed by atoms with Crippen molar-refractivity contribution in [1.82, 2.24) is 35.0 Å². The Balaban J connectivity index is 1.26. The molecule has 9 heteroatoms. The van der Waals surface area contributed by atoms with Crippen molar-refractivity contribution in [2.24, 2.45) is 11.8 Å². The second-order valence-electron chi connectivity index (χ2n) is 9.37. The lowest BCUT2D eigenvalue weighted by Crippen LogP contribution is -2.35. The number of benzene rings is 2. The Hall–Kier alpha value is -4.14. The summed E-state index contributed by atoms with van der Waals surface area (Å²) in [5.74, 6) is 0.923. The summed E-state index contributed by atoms with van der Waals surface area (Å²) in [7, 11) is 0. The topological polar surface area (TPSA) is 111 Å². The Morgan fingerprint density at radius 1 is 1.06 bits per heavy atom. The van der Waals surface area contributed by atoms with Crippen LogP contribution in [-0.4, -0.2) is 40.9 Å². The van der Waals surface area contributed by atoms with E-state index >= 15 is 0 Å². The van der Waals surface area contributed by atoms with E-state index in [1.54, 1.807) is 0 Å². The van der Waals surface area contributed by atoms with E-state index in [4.69, 9.17) is 0 Å². The second kappa shape index (κ2) is 10.6. The SMILES string of the molecule is C=CCCC1CCC(C(=O)n2ncn(Cc3ccc(-c4ccccc4-c4nnn[nH]4)cc3)c2=O)CC1. The predicted molar refractivity (Wildman–Crippen MR) is 136 cm³/mol. The fourth-order valence-corrected chi connectivity index (χ4v) is 5.02. The Kier molecular flexibility index (Phi) is 6.97. The highest BCUT2D eigenvalue weighted by Gasteiger charge is 2.28. The number of allylic oxidation sites excluding steroid dienone is 1. The maximum Gasteiger partial charge on any atom is 0.353 e. The highest BCUT2D eigenvalue weighted by Crippen LogP contribution is 2.32. The van der Waals surface area contributed by atoms with Gasteiger partial charge in [0.2, 0.25) is 0 Å². The summed E-state index contributed by atoms with van der Waals surface area (Å²) >= 11 is 0. The van der Waals surface area contributed by atoms with Gasteiger partial charge >= 0.3 is 5.69 Å². The molecule has 2 aromatic carbocycles. The van der Waals surface area contributed by atoms with Crippen LogP contribution >= 0.6 is 0 Å². The smallest absolute Gasteiger partial charge is 0.277 e. The number of hydrogen-bond donors (Lipinski definition) is 1. The van der Waals surface area contributed by atoms with Crippen LogP contribution in [0.25, 0.3) is 22.5 Å². The molecule has 9 nitrogen and oxygen atoms in total. The highest BCUT2D eigenvalue weighted by atomic mass is 16.2. The number of carbonyl (C=O) groups is 1. The van der Waals surface area contributed by atoms with E-state index in [-0.39, 0.29) is 17.5 Å². The Morgan fingerprint density at radius 3 is 2.50 bits per heavy atom. The third-order valence-corrected chi connectivity index (χ3v) is 7.06. The van der Waals surface area contributed by atoms with Gasteiger partial charge in [-0.25, -0.2) is 9.89 Å². The zero-order valence-electron chi connectivity index (χ0n) is 20.1. The summed E-state index contributed by atoms with van der Waals surface area (Å²) in [5.41, 5.74) is 3.46. The summed E-state index contributed by atoms with van der Waals surface area (Å²) in [6.45, 7) is 4.13. The highest BCUT2D eigenvalue weighted by molar-refractivity contribution is 5.81. The molecule has 1 aliphatic carbocycles. The minimum atomic E-state index is -0.388.